The van der Waals surface area contributed by atoms with Crippen molar-refractivity contribution < 1.29 is 4.79 Å². The molecule has 0 spiro atoms. The van der Waals surface area contributed by atoms with Crippen molar-refractivity contribution in [2.24, 2.45) is 0 Å². The highest BCUT2D eigenvalue weighted by molar-refractivity contribution is 5.98. The molecule has 1 heterocycles. The van der Waals surface area contributed by atoms with Gasteiger partial charge in [0.2, 0.25) is 5.91 Å². The number of nitrogens with zero attached hydrogens (tertiary/aromatic N) is 2. The van der Waals surface area contributed by atoms with Gasteiger partial charge >= 0.3 is 0 Å². The largest absolute Gasteiger partial charge is 0.366 e. The van der Waals surface area contributed by atoms with Gasteiger partial charge in [-0.05, 0) is 35.9 Å². The van der Waals surface area contributed by atoms with E-state index in [1.54, 1.807) is 0 Å². The minimum Gasteiger partial charge on any atom is -0.366 e. The van der Waals surface area contributed by atoms with Gasteiger partial charge in [0.1, 0.15) is 18.0 Å². The average Bonchev–Trinajstić information content (AvgIpc) is 2.68. The molecule has 0 aliphatic heterocycles. The second-order valence-electron chi connectivity index (χ2n) is 5.53. The van der Waals surface area contributed by atoms with Crippen LogP contribution in [0.2, 0.25) is 0 Å². The number of rotatable bonds is 7. The van der Waals surface area contributed by atoms with Crippen LogP contribution in [0, 0.1) is 0 Å². The molecule has 0 saturated carbocycles. The van der Waals surface area contributed by atoms with E-state index >= 15 is 0 Å². The van der Waals surface area contributed by atoms with Gasteiger partial charge in [0, 0.05) is 24.0 Å². The molecule has 3 N–H and O–H groups in total. The summed E-state index contributed by atoms with van der Waals surface area (Å²) in [5, 5.41) is 9.24. The standard InChI is InChI=1S/C20H19N5O/c1-2-20(26)25-17-10-6-7-15(11-17)13-21-18-12-19(23-14-22-18)24-16-8-4-3-5-9-16/h2-12,14H,1,13H2,(H,25,26)(H2,21,22,23,24). The van der Waals surface area contributed by atoms with Crippen LogP contribution < -0.4 is 16.0 Å². The Kier molecular flexibility index (Phi) is 5.57. The van der Waals surface area contributed by atoms with Gasteiger partial charge in [0.25, 0.3) is 0 Å². The normalized spacial score (nSPS) is 10.0. The van der Waals surface area contributed by atoms with Gasteiger partial charge in [-0.25, -0.2) is 9.97 Å². The lowest BCUT2D eigenvalue weighted by Crippen LogP contribution is -2.08. The Balaban J connectivity index is 1.63. The maximum absolute atomic E-state index is 11.4. The molecule has 0 saturated heterocycles. The summed E-state index contributed by atoms with van der Waals surface area (Å²) in [7, 11) is 0. The summed E-state index contributed by atoms with van der Waals surface area (Å²) in [6.07, 6.45) is 2.75. The van der Waals surface area contributed by atoms with Crippen molar-refractivity contribution in [3.8, 4) is 0 Å². The minimum atomic E-state index is -0.234. The number of aromatic nitrogens is 2. The second-order valence-corrected chi connectivity index (χ2v) is 5.53. The van der Waals surface area contributed by atoms with Crippen LogP contribution in [0.4, 0.5) is 23.0 Å². The van der Waals surface area contributed by atoms with Crippen LogP contribution >= 0.6 is 0 Å². The van der Waals surface area contributed by atoms with Gasteiger partial charge < -0.3 is 16.0 Å². The lowest BCUT2D eigenvalue weighted by atomic mass is 10.2. The summed E-state index contributed by atoms with van der Waals surface area (Å²) in [5.74, 6) is 1.18. The van der Waals surface area contributed by atoms with E-state index in [0.717, 1.165) is 16.9 Å². The SMILES string of the molecule is C=CC(=O)Nc1cccc(CNc2cc(Nc3ccccc3)ncn2)c1. The third-order valence-corrected chi connectivity index (χ3v) is 3.57. The molecule has 1 amide bonds. The zero-order valence-corrected chi connectivity index (χ0v) is 14.1. The van der Waals surface area contributed by atoms with Crippen LogP contribution in [-0.2, 0) is 11.3 Å². The van der Waals surface area contributed by atoms with E-state index in [1.807, 2.05) is 60.7 Å². The lowest BCUT2D eigenvalue weighted by molar-refractivity contribution is -0.111. The van der Waals surface area contributed by atoms with Crippen molar-refractivity contribution in [1.29, 1.82) is 0 Å². The van der Waals surface area contributed by atoms with E-state index in [4.69, 9.17) is 0 Å². The molecular formula is C20H19N5O. The van der Waals surface area contributed by atoms with Gasteiger partial charge in [0.05, 0.1) is 0 Å². The Morgan fingerprint density at radius 2 is 1.73 bits per heavy atom. The lowest BCUT2D eigenvalue weighted by Gasteiger charge is -2.10. The van der Waals surface area contributed by atoms with Crippen LogP contribution in [0.25, 0.3) is 0 Å². The number of nitrogens with one attached hydrogen (secondary N) is 3. The number of hydrogen-bond donors (Lipinski definition) is 3. The van der Waals surface area contributed by atoms with Crippen LogP contribution in [-0.4, -0.2) is 15.9 Å². The number of amides is 1. The topological polar surface area (TPSA) is 78.9 Å². The van der Waals surface area contributed by atoms with Gasteiger partial charge in [-0.2, -0.15) is 0 Å². The predicted molar refractivity (Wildman–Crippen MR) is 104 cm³/mol. The number of carbonyl (C=O) groups excluding carboxylic acids is 1. The van der Waals surface area contributed by atoms with E-state index in [0.29, 0.717) is 18.2 Å². The number of carbonyl (C=O) groups is 1. The van der Waals surface area contributed by atoms with Crippen molar-refractivity contribution >= 4 is 28.9 Å². The third kappa shape index (κ3) is 4.91. The van der Waals surface area contributed by atoms with Crippen molar-refractivity contribution in [1.82, 2.24) is 9.97 Å². The predicted octanol–water partition coefficient (Wildman–Crippen LogP) is 3.96. The molecule has 0 aliphatic carbocycles. The summed E-state index contributed by atoms with van der Waals surface area (Å²) in [6.45, 7) is 4.02. The molecule has 0 atom stereocenters. The zero-order valence-electron chi connectivity index (χ0n) is 14.1. The second kappa shape index (κ2) is 8.43. The highest BCUT2D eigenvalue weighted by Gasteiger charge is 2.02. The summed E-state index contributed by atoms with van der Waals surface area (Å²) in [5.41, 5.74) is 2.70. The number of para-hydroxylation sites is 1. The molecule has 0 radical (unpaired) electrons. The van der Waals surface area contributed by atoms with Crippen LogP contribution in [0.3, 0.4) is 0 Å². The van der Waals surface area contributed by atoms with E-state index in [2.05, 4.69) is 32.5 Å². The fourth-order valence-electron chi connectivity index (χ4n) is 2.34. The third-order valence-electron chi connectivity index (χ3n) is 3.57. The quantitative estimate of drug-likeness (QED) is 0.565. The highest BCUT2D eigenvalue weighted by Crippen LogP contribution is 2.17. The zero-order chi connectivity index (χ0) is 18.2. The van der Waals surface area contributed by atoms with Crippen molar-refractivity contribution in [3.63, 3.8) is 0 Å². The van der Waals surface area contributed by atoms with Crippen LogP contribution in [0.1, 0.15) is 5.56 Å². The van der Waals surface area contributed by atoms with Crippen molar-refractivity contribution in [2.45, 2.75) is 6.54 Å². The van der Waals surface area contributed by atoms with Crippen LogP contribution in [0.5, 0.6) is 0 Å². The van der Waals surface area contributed by atoms with Crippen molar-refractivity contribution in [2.75, 3.05) is 16.0 Å². The van der Waals surface area contributed by atoms with Crippen LogP contribution in [0.15, 0.2) is 79.6 Å². The maximum atomic E-state index is 11.4. The molecule has 130 valence electrons. The molecule has 1 aromatic heterocycles. The molecule has 0 unspecified atom stereocenters. The Hall–Kier alpha value is -3.67. The fourth-order valence-corrected chi connectivity index (χ4v) is 2.34. The van der Waals surface area contributed by atoms with E-state index < -0.39 is 0 Å². The number of hydrogen-bond acceptors (Lipinski definition) is 5. The van der Waals surface area contributed by atoms with Crippen molar-refractivity contribution in [3.05, 3.63) is 85.2 Å². The minimum absolute atomic E-state index is 0.234. The van der Waals surface area contributed by atoms with Gasteiger partial charge in [-0.3, -0.25) is 4.79 Å². The first-order chi connectivity index (χ1) is 12.7. The summed E-state index contributed by atoms with van der Waals surface area (Å²) >= 11 is 0. The van der Waals surface area contributed by atoms with E-state index in [9.17, 15) is 4.79 Å². The molecule has 2 aromatic carbocycles. The molecule has 0 aliphatic rings. The van der Waals surface area contributed by atoms with E-state index in [-0.39, 0.29) is 5.91 Å². The fraction of sp³-hybridized carbons (Fsp3) is 0.0500. The summed E-state index contributed by atoms with van der Waals surface area (Å²) < 4.78 is 0. The Morgan fingerprint density at radius 1 is 0.962 bits per heavy atom. The summed E-state index contributed by atoms with van der Waals surface area (Å²) in [4.78, 5) is 19.9. The highest BCUT2D eigenvalue weighted by atomic mass is 16.1. The average molecular weight is 345 g/mol. The monoisotopic (exact) mass is 345 g/mol. The molecule has 3 rings (SSSR count). The first-order valence-corrected chi connectivity index (χ1v) is 8.13. The molecule has 3 aromatic rings. The molecule has 6 heteroatoms. The van der Waals surface area contributed by atoms with Gasteiger partial charge in [0.15, 0.2) is 0 Å². The maximum Gasteiger partial charge on any atom is 0.247 e. The Bertz CT molecular complexity index is 895. The molecule has 26 heavy (non-hydrogen) atoms. The molecule has 0 bridgehead atoms. The first-order valence-electron chi connectivity index (χ1n) is 8.13. The van der Waals surface area contributed by atoms with Gasteiger partial charge in [-0.1, -0.05) is 36.9 Å². The molecule has 0 fully saturated rings. The molecular weight excluding hydrogens is 326 g/mol. The molecule has 6 nitrogen and oxygen atoms in total. The van der Waals surface area contributed by atoms with E-state index in [1.165, 1.54) is 12.4 Å². The number of anilines is 4. The Morgan fingerprint density at radius 3 is 2.54 bits per heavy atom. The summed E-state index contributed by atoms with van der Waals surface area (Å²) in [6, 6.07) is 19.3. The number of benzene rings is 2. The Labute approximate surface area is 152 Å². The van der Waals surface area contributed by atoms with Gasteiger partial charge in [-0.15, -0.1) is 0 Å². The first kappa shape index (κ1) is 17.2. The smallest absolute Gasteiger partial charge is 0.247 e.